The van der Waals surface area contributed by atoms with Gasteiger partial charge in [0.1, 0.15) is 0 Å². The summed E-state index contributed by atoms with van der Waals surface area (Å²) in [6, 6.07) is 15.7. The molecule has 2 aliphatic rings. The standard InChI is InChI=1S/C23H27N3O2/c27-22(10-7-18-11-13-24-16-18)25-20-8-5-17(6-9-20)15-23(28)26-14-12-19-3-1-2-4-21(19)26/h1-6,8-9,18,24H,7,10-16H2,(H,25,27). The van der Waals surface area contributed by atoms with Gasteiger partial charge in [0, 0.05) is 24.3 Å². The fourth-order valence-corrected chi connectivity index (χ4v) is 4.09. The molecule has 0 aromatic heterocycles. The van der Waals surface area contributed by atoms with Crippen LogP contribution in [0.3, 0.4) is 0 Å². The second-order valence-corrected chi connectivity index (χ2v) is 7.74. The van der Waals surface area contributed by atoms with Crippen LogP contribution in [0, 0.1) is 5.92 Å². The summed E-state index contributed by atoms with van der Waals surface area (Å²) in [7, 11) is 0. The first-order valence-corrected chi connectivity index (χ1v) is 10.2. The van der Waals surface area contributed by atoms with E-state index in [1.165, 1.54) is 5.56 Å². The molecule has 1 atom stereocenters. The zero-order valence-electron chi connectivity index (χ0n) is 16.1. The lowest BCUT2D eigenvalue weighted by atomic mass is 10.0. The number of para-hydroxylation sites is 1. The zero-order valence-corrected chi connectivity index (χ0v) is 16.1. The minimum absolute atomic E-state index is 0.0596. The van der Waals surface area contributed by atoms with Gasteiger partial charge in [-0.3, -0.25) is 9.59 Å². The monoisotopic (exact) mass is 377 g/mol. The predicted molar refractivity (Wildman–Crippen MR) is 111 cm³/mol. The number of amides is 2. The smallest absolute Gasteiger partial charge is 0.231 e. The van der Waals surface area contributed by atoms with E-state index in [0.29, 0.717) is 18.8 Å². The lowest BCUT2D eigenvalue weighted by Crippen LogP contribution is -2.30. The summed E-state index contributed by atoms with van der Waals surface area (Å²) in [6.45, 7) is 2.84. The Kier molecular flexibility index (Phi) is 5.72. The number of anilines is 2. The third-order valence-electron chi connectivity index (χ3n) is 5.72. The van der Waals surface area contributed by atoms with Crippen molar-refractivity contribution in [3.63, 3.8) is 0 Å². The van der Waals surface area contributed by atoms with Crippen molar-refractivity contribution in [2.24, 2.45) is 5.92 Å². The molecule has 0 saturated carbocycles. The maximum atomic E-state index is 12.7. The Morgan fingerprint density at radius 3 is 2.71 bits per heavy atom. The molecule has 2 aromatic carbocycles. The van der Waals surface area contributed by atoms with E-state index in [-0.39, 0.29) is 11.8 Å². The van der Waals surface area contributed by atoms with Gasteiger partial charge in [-0.1, -0.05) is 30.3 Å². The Morgan fingerprint density at radius 1 is 1.11 bits per heavy atom. The average molecular weight is 377 g/mol. The van der Waals surface area contributed by atoms with E-state index in [4.69, 9.17) is 0 Å². The quantitative estimate of drug-likeness (QED) is 0.813. The summed E-state index contributed by atoms with van der Waals surface area (Å²) in [4.78, 5) is 26.7. The number of hydrogen-bond acceptors (Lipinski definition) is 3. The number of carbonyl (C=O) groups is 2. The first-order chi connectivity index (χ1) is 13.7. The average Bonchev–Trinajstić information content (AvgIpc) is 3.37. The molecule has 2 aromatic rings. The highest BCUT2D eigenvalue weighted by molar-refractivity contribution is 5.97. The van der Waals surface area contributed by atoms with Crippen LogP contribution >= 0.6 is 0 Å². The van der Waals surface area contributed by atoms with Crippen molar-refractivity contribution in [3.8, 4) is 0 Å². The molecule has 1 fully saturated rings. The SMILES string of the molecule is O=C(CCC1CCNC1)Nc1ccc(CC(=O)N2CCc3ccccc32)cc1. The van der Waals surface area contributed by atoms with E-state index < -0.39 is 0 Å². The van der Waals surface area contributed by atoms with Crippen LogP contribution in [-0.4, -0.2) is 31.4 Å². The van der Waals surface area contributed by atoms with E-state index >= 15 is 0 Å². The van der Waals surface area contributed by atoms with Gasteiger partial charge in [-0.05, 0) is 67.6 Å². The van der Waals surface area contributed by atoms with Gasteiger partial charge >= 0.3 is 0 Å². The normalized spacial score (nSPS) is 18.1. The molecule has 2 amide bonds. The highest BCUT2D eigenvalue weighted by atomic mass is 16.2. The molecule has 4 rings (SSSR count). The molecule has 28 heavy (non-hydrogen) atoms. The van der Waals surface area contributed by atoms with Gasteiger partial charge in [0.15, 0.2) is 0 Å². The number of benzene rings is 2. The Labute approximate surface area is 166 Å². The Hall–Kier alpha value is -2.66. The van der Waals surface area contributed by atoms with Crippen LogP contribution in [0.15, 0.2) is 48.5 Å². The Balaban J connectivity index is 1.28. The largest absolute Gasteiger partial charge is 0.326 e. The van der Waals surface area contributed by atoms with Crippen LogP contribution in [-0.2, 0) is 22.4 Å². The topological polar surface area (TPSA) is 61.4 Å². The Bertz CT molecular complexity index is 841. The van der Waals surface area contributed by atoms with E-state index in [0.717, 1.165) is 55.8 Å². The van der Waals surface area contributed by atoms with Crippen molar-refractivity contribution >= 4 is 23.2 Å². The van der Waals surface area contributed by atoms with Crippen LogP contribution in [0.4, 0.5) is 11.4 Å². The first kappa shape index (κ1) is 18.7. The number of nitrogens with one attached hydrogen (secondary N) is 2. The number of nitrogens with zero attached hydrogens (tertiary/aromatic N) is 1. The summed E-state index contributed by atoms with van der Waals surface area (Å²) in [5.41, 5.74) is 4.03. The molecule has 1 unspecified atom stereocenters. The lowest BCUT2D eigenvalue weighted by Gasteiger charge is -2.17. The molecule has 0 radical (unpaired) electrons. The molecule has 5 heteroatoms. The summed E-state index contributed by atoms with van der Waals surface area (Å²) < 4.78 is 0. The number of rotatable bonds is 6. The van der Waals surface area contributed by atoms with Crippen molar-refractivity contribution in [3.05, 3.63) is 59.7 Å². The van der Waals surface area contributed by atoms with Crippen LogP contribution in [0.1, 0.15) is 30.4 Å². The van der Waals surface area contributed by atoms with E-state index in [1.54, 1.807) is 0 Å². The molecule has 2 heterocycles. The minimum atomic E-state index is 0.0596. The summed E-state index contributed by atoms with van der Waals surface area (Å²) in [6.07, 6.45) is 3.95. The van der Waals surface area contributed by atoms with Crippen LogP contribution < -0.4 is 15.5 Å². The molecule has 0 bridgehead atoms. The van der Waals surface area contributed by atoms with Gasteiger partial charge in [0.05, 0.1) is 6.42 Å². The fraction of sp³-hybridized carbons (Fsp3) is 0.391. The number of fused-ring (bicyclic) bond motifs is 1. The number of hydrogen-bond donors (Lipinski definition) is 2. The van der Waals surface area contributed by atoms with E-state index in [2.05, 4.69) is 16.7 Å². The molecule has 1 saturated heterocycles. The van der Waals surface area contributed by atoms with Gasteiger partial charge in [0.25, 0.3) is 0 Å². The predicted octanol–water partition coefficient (Wildman–Crippen LogP) is 3.15. The third kappa shape index (κ3) is 4.42. The minimum Gasteiger partial charge on any atom is -0.326 e. The molecule has 2 aliphatic heterocycles. The van der Waals surface area contributed by atoms with Gasteiger partial charge < -0.3 is 15.5 Å². The summed E-state index contributed by atoms with van der Waals surface area (Å²) >= 11 is 0. The van der Waals surface area contributed by atoms with Crippen molar-refractivity contribution in [1.29, 1.82) is 0 Å². The van der Waals surface area contributed by atoms with Crippen LogP contribution in [0.2, 0.25) is 0 Å². The molecule has 2 N–H and O–H groups in total. The molecular weight excluding hydrogens is 350 g/mol. The lowest BCUT2D eigenvalue weighted by molar-refractivity contribution is -0.118. The van der Waals surface area contributed by atoms with E-state index in [9.17, 15) is 9.59 Å². The van der Waals surface area contributed by atoms with Gasteiger partial charge in [0.2, 0.25) is 11.8 Å². The van der Waals surface area contributed by atoms with Gasteiger partial charge in [-0.25, -0.2) is 0 Å². The summed E-state index contributed by atoms with van der Waals surface area (Å²) in [5.74, 6) is 0.797. The molecular formula is C23H27N3O2. The number of carbonyl (C=O) groups excluding carboxylic acids is 2. The summed E-state index contributed by atoms with van der Waals surface area (Å²) in [5, 5.41) is 6.29. The van der Waals surface area contributed by atoms with Crippen molar-refractivity contribution < 1.29 is 9.59 Å². The third-order valence-corrected chi connectivity index (χ3v) is 5.72. The second-order valence-electron chi connectivity index (χ2n) is 7.74. The maximum absolute atomic E-state index is 12.7. The van der Waals surface area contributed by atoms with Crippen LogP contribution in [0.5, 0.6) is 0 Å². The van der Waals surface area contributed by atoms with Crippen molar-refractivity contribution in [2.45, 2.75) is 32.1 Å². The fourth-order valence-electron chi connectivity index (χ4n) is 4.09. The molecule has 5 nitrogen and oxygen atoms in total. The van der Waals surface area contributed by atoms with E-state index in [1.807, 2.05) is 47.4 Å². The molecule has 0 spiro atoms. The highest BCUT2D eigenvalue weighted by Crippen LogP contribution is 2.28. The van der Waals surface area contributed by atoms with Crippen LogP contribution in [0.25, 0.3) is 0 Å². The van der Waals surface area contributed by atoms with Gasteiger partial charge in [-0.15, -0.1) is 0 Å². The Morgan fingerprint density at radius 2 is 1.93 bits per heavy atom. The maximum Gasteiger partial charge on any atom is 0.231 e. The van der Waals surface area contributed by atoms with Crippen molar-refractivity contribution in [1.82, 2.24) is 5.32 Å². The molecule has 0 aliphatic carbocycles. The highest BCUT2D eigenvalue weighted by Gasteiger charge is 2.24. The molecule has 146 valence electrons. The first-order valence-electron chi connectivity index (χ1n) is 10.2. The zero-order chi connectivity index (χ0) is 19.3. The van der Waals surface area contributed by atoms with Gasteiger partial charge in [-0.2, -0.15) is 0 Å². The second kappa shape index (κ2) is 8.57. The van der Waals surface area contributed by atoms with Crippen molar-refractivity contribution in [2.75, 3.05) is 29.9 Å².